The average molecular weight is 363 g/mol. The van der Waals surface area contributed by atoms with Crippen LogP contribution in [0, 0.1) is 10.1 Å². The standard InChI is InChI=1S/C17H21N3O4S/c1-3-19(4-2)16-11-9-15(10-12-16)18-25(23,24)13-14-7-5-6-8-17(14)20(21)22/h5-12,18H,3-4,13H2,1-2H3. The minimum atomic E-state index is -3.76. The van der Waals surface area contributed by atoms with Crippen molar-refractivity contribution in [3.63, 3.8) is 0 Å². The molecule has 0 aromatic heterocycles. The minimum Gasteiger partial charge on any atom is -0.372 e. The summed E-state index contributed by atoms with van der Waals surface area (Å²) in [5.74, 6) is -0.456. The normalized spacial score (nSPS) is 11.1. The van der Waals surface area contributed by atoms with Crippen LogP contribution in [0.2, 0.25) is 0 Å². The second-order valence-electron chi connectivity index (χ2n) is 5.47. The molecule has 0 fully saturated rings. The molecule has 0 bridgehead atoms. The first-order chi connectivity index (χ1) is 11.9. The molecule has 0 radical (unpaired) electrons. The largest absolute Gasteiger partial charge is 0.372 e. The maximum Gasteiger partial charge on any atom is 0.273 e. The third-order valence-electron chi connectivity index (χ3n) is 3.80. The van der Waals surface area contributed by atoms with Gasteiger partial charge in [0.2, 0.25) is 10.0 Å². The van der Waals surface area contributed by atoms with Crippen LogP contribution in [0.25, 0.3) is 0 Å². The molecule has 7 nitrogen and oxygen atoms in total. The molecule has 2 aromatic rings. The fraction of sp³-hybridized carbons (Fsp3) is 0.294. The van der Waals surface area contributed by atoms with E-state index in [4.69, 9.17) is 0 Å². The Hall–Kier alpha value is -2.61. The molecular formula is C17H21N3O4S. The van der Waals surface area contributed by atoms with Gasteiger partial charge in [-0.15, -0.1) is 0 Å². The zero-order valence-electron chi connectivity index (χ0n) is 14.2. The molecule has 2 aromatic carbocycles. The zero-order chi connectivity index (χ0) is 18.4. The van der Waals surface area contributed by atoms with E-state index in [-0.39, 0.29) is 11.3 Å². The Bertz CT molecular complexity index is 831. The number of nitro benzene ring substituents is 1. The number of hydrogen-bond acceptors (Lipinski definition) is 5. The van der Waals surface area contributed by atoms with E-state index in [2.05, 4.69) is 9.62 Å². The maximum absolute atomic E-state index is 12.3. The molecule has 0 aliphatic heterocycles. The van der Waals surface area contributed by atoms with E-state index in [0.717, 1.165) is 18.8 Å². The molecule has 1 N–H and O–H groups in total. The summed E-state index contributed by atoms with van der Waals surface area (Å²) >= 11 is 0. The fourth-order valence-electron chi connectivity index (χ4n) is 2.56. The molecule has 0 saturated heterocycles. The second kappa shape index (κ2) is 7.98. The molecule has 25 heavy (non-hydrogen) atoms. The van der Waals surface area contributed by atoms with Gasteiger partial charge in [-0.25, -0.2) is 8.42 Å². The number of nitro groups is 1. The quantitative estimate of drug-likeness (QED) is 0.573. The van der Waals surface area contributed by atoms with Crippen LogP contribution in [-0.4, -0.2) is 26.4 Å². The van der Waals surface area contributed by atoms with Crippen LogP contribution >= 0.6 is 0 Å². The van der Waals surface area contributed by atoms with Crippen molar-refractivity contribution in [1.29, 1.82) is 0 Å². The van der Waals surface area contributed by atoms with Gasteiger partial charge in [0.05, 0.1) is 4.92 Å². The zero-order valence-corrected chi connectivity index (χ0v) is 15.0. The van der Waals surface area contributed by atoms with E-state index < -0.39 is 20.7 Å². The smallest absolute Gasteiger partial charge is 0.273 e. The Morgan fingerprint density at radius 3 is 2.20 bits per heavy atom. The Morgan fingerprint density at radius 1 is 1.04 bits per heavy atom. The molecule has 0 spiro atoms. The van der Waals surface area contributed by atoms with Crippen molar-refractivity contribution in [3.05, 3.63) is 64.2 Å². The van der Waals surface area contributed by atoms with E-state index in [1.807, 2.05) is 26.0 Å². The Morgan fingerprint density at radius 2 is 1.64 bits per heavy atom. The molecule has 134 valence electrons. The van der Waals surface area contributed by atoms with Crippen molar-refractivity contribution in [2.24, 2.45) is 0 Å². The van der Waals surface area contributed by atoms with Gasteiger partial charge in [-0.3, -0.25) is 14.8 Å². The lowest BCUT2D eigenvalue weighted by molar-refractivity contribution is -0.385. The SMILES string of the molecule is CCN(CC)c1ccc(NS(=O)(=O)Cc2ccccc2[N+](=O)[O-])cc1. The molecule has 2 rings (SSSR count). The highest BCUT2D eigenvalue weighted by atomic mass is 32.2. The number of anilines is 2. The molecule has 0 amide bonds. The number of nitrogens with zero attached hydrogens (tertiary/aromatic N) is 2. The molecule has 8 heteroatoms. The first kappa shape index (κ1) is 18.7. The lowest BCUT2D eigenvalue weighted by atomic mass is 10.2. The third kappa shape index (κ3) is 4.93. The molecule has 0 atom stereocenters. The summed E-state index contributed by atoms with van der Waals surface area (Å²) in [5.41, 5.74) is 1.38. The highest BCUT2D eigenvalue weighted by molar-refractivity contribution is 7.91. The number of benzene rings is 2. The Balaban J connectivity index is 2.15. The first-order valence-electron chi connectivity index (χ1n) is 7.94. The molecular weight excluding hydrogens is 342 g/mol. The van der Waals surface area contributed by atoms with Gasteiger partial charge in [0.15, 0.2) is 0 Å². The van der Waals surface area contributed by atoms with Gasteiger partial charge in [-0.2, -0.15) is 0 Å². The fourth-order valence-corrected chi connectivity index (χ4v) is 3.78. The number of para-hydroxylation sites is 1. The number of nitrogens with one attached hydrogen (secondary N) is 1. The van der Waals surface area contributed by atoms with Crippen molar-refractivity contribution < 1.29 is 13.3 Å². The van der Waals surface area contributed by atoms with Crippen molar-refractivity contribution >= 4 is 27.1 Å². The van der Waals surface area contributed by atoms with Crippen molar-refractivity contribution in [1.82, 2.24) is 0 Å². The first-order valence-corrected chi connectivity index (χ1v) is 9.59. The summed E-state index contributed by atoms with van der Waals surface area (Å²) in [6, 6.07) is 12.9. The van der Waals surface area contributed by atoms with E-state index in [9.17, 15) is 18.5 Å². The third-order valence-corrected chi connectivity index (χ3v) is 5.04. The van der Waals surface area contributed by atoms with Crippen molar-refractivity contribution in [2.75, 3.05) is 22.7 Å². The predicted molar refractivity (Wildman–Crippen MR) is 99.3 cm³/mol. The van der Waals surface area contributed by atoms with E-state index in [0.29, 0.717) is 5.69 Å². The summed E-state index contributed by atoms with van der Waals surface area (Å²) in [5, 5.41) is 11.0. The van der Waals surface area contributed by atoms with Gasteiger partial charge in [0.1, 0.15) is 5.75 Å². The molecule has 0 aliphatic carbocycles. The minimum absolute atomic E-state index is 0.153. The van der Waals surface area contributed by atoms with Crippen LogP contribution < -0.4 is 9.62 Å². The molecule has 0 saturated carbocycles. The molecule has 0 heterocycles. The van der Waals surface area contributed by atoms with Crippen LogP contribution in [0.3, 0.4) is 0 Å². The van der Waals surface area contributed by atoms with Crippen LogP contribution in [0.5, 0.6) is 0 Å². The highest BCUT2D eigenvalue weighted by Gasteiger charge is 2.19. The van der Waals surface area contributed by atoms with Gasteiger partial charge < -0.3 is 4.90 Å². The van der Waals surface area contributed by atoms with Crippen LogP contribution in [-0.2, 0) is 15.8 Å². The van der Waals surface area contributed by atoms with Crippen LogP contribution in [0.4, 0.5) is 17.1 Å². The molecule has 0 aliphatic rings. The number of hydrogen-bond donors (Lipinski definition) is 1. The van der Waals surface area contributed by atoms with Crippen LogP contribution in [0.1, 0.15) is 19.4 Å². The monoisotopic (exact) mass is 363 g/mol. The number of rotatable bonds is 8. The Kier molecular flexibility index (Phi) is 5.97. The van der Waals surface area contributed by atoms with Gasteiger partial charge in [0, 0.05) is 36.1 Å². The lowest BCUT2D eigenvalue weighted by Gasteiger charge is -2.21. The lowest BCUT2D eigenvalue weighted by Crippen LogP contribution is -2.21. The predicted octanol–water partition coefficient (Wildman–Crippen LogP) is 3.38. The summed E-state index contributed by atoms with van der Waals surface area (Å²) < 4.78 is 27.1. The van der Waals surface area contributed by atoms with Gasteiger partial charge in [0.25, 0.3) is 5.69 Å². The second-order valence-corrected chi connectivity index (χ2v) is 7.19. The summed E-state index contributed by atoms with van der Waals surface area (Å²) in [4.78, 5) is 12.6. The average Bonchev–Trinajstić information content (AvgIpc) is 2.57. The summed E-state index contributed by atoms with van der Waals surface area (Å²) in [6.45, 7) is 5.82. The Labute approximate surface area is 147 Å². The van der Waals surface area contributed by atoms with Gasteiger partial charge in [-0.05, 0) is 38.1 Å². The van der Waals surface area contributed by atoms with Crippen molar-refractivity contribution in [3.8, 4) is 0 Å². The van der Waals surface area contributed by atoms with E-state index in [1.54, 1.807) is 18.2 Å². The van der Waals surface area contributed by atoms with Gasteiger partial charge >= 0.3 is 0 Å². The topological polar surface area (TPSA) is 92.6 Å². The molecule has 0 unspecified atom stereocenters. The maximum atomic E-state index is 12.3. The highest BCUT2D eigenvalue weighted by Crippen LogP contribution is 2.22. The van der Waals surface area contributed by atoms with Crippen LogP contribution in [0.15, 0.2) is 48.5 Å². The van der Waals surface area contributed by atoms with E-state index >= 15 is 0 Å². The summed E-state index contributed by atoms with van der Waals surface area (Å²) in [7, 11) is -3.76. The number of sulfonamides is 1. The van der Waals surface area contributed by atoms with E-state index in [1.165, 1.54) is 18.2 Å². The van der Waals surface area contributed by atoms with Crippen molar-refractivity contribution in [2.45, 2.75) is 19.6 Å². The summed E-state index contributed by atoms with van der Waals surface area (Å²) in [6.07, 6.45) is 0. The van der Waals surface area contributed by atoms with Gasteiger partial charge in [-0.1, -0.05) is 18.2 Å².